The summed E-state index contributed by atoms with van der Waals surface area (Å²) in [5.74, 6) is 0.624. The van der Waals surface area contributed by atoms with E-state index in [-0.39, 0.29) is 23.0 Å². The molecule has 34 heavy (non-hydrogen) atoms. The molecule has 0 saturated carbocycles. The maximum Gasteiger partial charge on any atom is 0.311 e. The van der Waals surface area contributed by atoms with Crippen molar-refractivity contribution in [2.75, 3.05) is 12.0 Å². The quantitative estimate of drug-likeness (QED) is 0.232. The molecular weight excluding hydrogens is 438 g/mol. The van der Waals surface area contributed by atoms with Crippen molar-refractivity contribution in [2.24, 2.45) is 5.10 Å². The lowest BCUT2D eigenvalue weighted by Crippen LogP contribution is -1.98. The van der Waals surface area contributed by atoms with Gasteiger partial charge in [-0.1, -0.05) is 18.2 Å². The van der Waals surface area contributed by atoms with E-state index in [9.17, 15) is 10.1 Å². The number of rotatable bonds is 8. The van der Waals surface area contributed by atoms with Gasteiger partial charge in [-0.2, -0.15) is 15.5 Å². The van der Waals surface area contributed by atoms with E-state index in [2.05, 4.69) is 20.6 Å². The maximum atomic E-state index is 11.6. The second-order valence-electron chi connectivity index (χ2n) is 6.98. The Labute approximate surface area is 194 Å². The van der Waals surface area contributed by atoms with Crippen LogP contribution in [0.1, 0.15) is 24.1 Å². The average molecular weight is 457 g/mol. The molecule has 11 nitrogen and oxygen atoms in total. The minimum Gasteiger partial charge on any atom is -0.487 e. The van der Waals surface area contributed by atoms with Crippen LogP contribution in [0.2, 0.25) is 0 Å². The van der Waals surface area contributed by atoms with Crippen molar-refractivity contribution in [2.45, 2.75) is 13.8 Å². The predicted octanol–water partition coefficient (Wildman–Crippen LogP) is 4.46. The van der Waals surface area contributed by atoms with Crippen LogP contribution in [0.15, 0.2) is 64.2 Å². The van der Waals surface area contributed by atoms with Crippen LogP contribution in [0, 0.1) is 28.4 Å². The van der Waals surface area contributed by atoms with Gasteiger partial charge < -0.3 is 9.15 Å². The van der Waals surface area contributed by atoms with E-state index in [1.165, 1.54) is 12.3 Å². The number of nitrogens with one attached hydrogen (secondary N) is 1. The lowest BCUT2D eigenvalue weighted by atomic mass is 10.1. The second-order valence-corrected chi connectivity index (χ2v) is 6.98. The second kappa shape index (κ2) is 9.66. The molecule has 4 rings (SSSR count). The zero-order chi connectivity index (χ0) is 24.1. The summed E-state index contributed by atoms with van der Waals surface area (Å²) in [6.45, 7) is 3.68. The van der Waals surface area contributed by atoms with Crippen molar-refractivity contribution < 1.29 is 14.1 Å². The van der Waals surface area contributed by atoms with Gasteiger partial charge >= 0.3 is 5.69 Å². The number of para-hydroxylation sites is 1. The smallest absolute Gasteiger partial charge is 0.311 e. The normalized spacial score (nSPS) is 10.9. The third-order valence-electron chi connectivity index (χ3n) is 4.70. The third kappa shape index (κ3) is 4.61. The fraction of sp³-hybridized carbons (Fsp3) is 0.130. The summed E-state index contributed by atoms with van der Waals surface area (Å²) in [7, 11) is 0. The fourth-order valence-corrected chi connectivity index (χ4v) is 3.24. The van der Waals surface area contributed by atoms with Gasteiger partial charge in [0, 0.05) is 30.3 Å². The van der Waals surface area contributed by atoms with Crippen molar-refractivity contribution >= 4 is 17.8 Å². The van der Waals surface area contributed by atoms with E-state index in [1.54, 1.807) is 36.9 Å². The lowest BCUT2D eigenvalue weighted by Gasteiger charge is -2.06. The highest BCUT2D eigenvalue weighted by molar-refractivity contribution is 5.89. The van der Waals surface area contributed by atoms with Crippen LogP contribution in [0.25, 0.3) is 16.9 Å². The third-order valence-corrected chi connectivity index (χ3v) is 4.70. The zero-order valence-electron chi connectivity index (χ0n) is 18.3. The number of ether oxygens (including phenoxy) is 1. The van der Waals surface area contributed by atoms with Crippen LogP contribution in [0.3, 0.4) is 0 Å². The van der Waals surface area contributed by atoms with Crippen LogP contribution in [0.5, 0.6) is 5.75 Å². The van der Waals surface area contributed by atoms with Gasteiger partial charge in [0.15, 0.2) is 11.6 Å². The summed E-state index contributed by atoms with van der Waals surface area (Å²) >= 11 is 0. The molecule has 2 aromatic heterocycles. The molecule has 170 valence electrons. The molecule has 11 heteroatoms. The molecule has 0 aliphatic heterocycles. The Kier molecular flexibility index (Phi) is 6.31. The standard InChI is InChI=1S/C23H19N7O4/c1-3-33-21-10-9-16(11-20(21)30(31)32)22-17(14-29(28-22)18-7-5-4-6-8-18)13-25-27-23-19(12-24)26-15(2)34-23/h4-11,13-14,27H,3H2,1-2H3/b25-13+. The molecule has 0 bridgehead atoms. The topological polar surface area (TPSA) is 144 Å². The van der Waals surface area contributed by atoms with Gasteiger partial charge in [-0.05, 0) is 31.2 Å². The average Bonchev–Trinajstić information content (AvgIpc) is 3.43. The van der Waals surface area contributed by atoms with Crippen LogP contribution in [0.4, 0.5) is 11.6 Å². The van der Waals surface area contributed by atoms with Crippen LogP contribution in [-0.4, -0.2) is 32.5 Å². The number of anilines is 1. The Morgan fingerprint density at radius 1 is 1.32 bits per heavy atom. The van der Waals surface area contributed by atoms with Crippen molar-refractivity contribution in [3.05, 3.63) is 82.0 Å². The number of nitriles is 1. The summed E-state index contributed by atoms with van der Waals surface area (Å²) < 4.78 is 12.4. The molecule has 0 radical (unpaired) electrons. The van der Waals surface area contributed by atoms with E-state index >= 15 is 0 Å². The first-order valence-corrected chi connectivity index (χ1v) is 10.2. The van der Waals surface area contributed by atoms with E-state index in [0.29, 0.717) is 29.3 Å². The predicted molar refractivity (Wildman–Crippen MR) is 124 cm³/mol. The summed E-state index contributed by atoms with van der Waals surface area (Å²) in [5.41, 5.74) is 4.94. The monoisotopic (exact) mass is 457 g/mol. The van der Waals surface area contributed by atoms with E-state index in [0.717, 1.165) is 5.69 Å². The molecule has 4 aromatic rings. The largest absolute Gasteiger partial charge is 0.487 e. The van der Waals surface area contributed by atoms with Crippen LogP contribution < -0.4 is 10.2 Å². The number of oxazole rings is 1. The number of hydrogen-bond donors (Lipinski definition) is 1. The Hall–Kier alpha value is -4.98. The molecule has 0 aliphatic rings. The number of aryl methyl sites for hydroxylation is 1. The number of aromatic nitrogens is 3. The molecule has 0 spiro atoms. The molecular formula is C23H19N7O4. The SMILES string of the molecule is CCOc1ccc(-c2nn(-c3ccccc3)cc2/C=N/Nc2oc(C)nc2C#N)cc1[N+](=O)[O-]. The van der Waals surface area contributed by atoms with Crippen molar-refractivity contribution in [3.63, 3.8) is 0 Å². The highest BCUT2D eigenvalue weighted by Gasteiger charge is 2.19. The number of hydrazone groups is 1. The fourth-order valence-electron chi connectivity index (χ4n) is 3.24. The molecule has 0 amide bonds. The summed E-state index contributed by atoms with van der Waals surface area (Å²) in [6.07, 6.45) is 3.23. The highest BCUT2D eigenvalue weighted by atomic mass is 16.6. The number of hydrogen-bond acceptors (Lipinski definition) is 9. The van der Waals surface area contributed by atoms with E-state index in [1.807, 2.05) is 36.4 Å². The first kappa shape index (κ1) is 22.2. The number of nitro groups is 1. The molecule has 0 saturated heterocycles. The van der Waals surface area contributed by atoms with E-state index in [4.69, 9.17) is 14.4 Å². The van der Waals surface area contributed by atoms with E-state index < -0.39 is 4.92 Å². The first-order chi connectivity index (χ1) is 16.5. The summed E-state index contributed by atoms with van der Waals surface area (Å²) in [5, 5.41) is 29.6. The number of nitrogens with zero attached hydrogens (tertiary/aromatic N) is 6. The molecule has 2 aromatic carbocycles. The van der Waals surface area contributed by atoms with Crippen LogP contribution in [-0.2, 0) is 0 Å². The number of nitro benzene ring substituents is 1. The summed E-state index contributed by atoms with van der Waals surface area (Å²) in [4.78, 5) is 15.1. The van der Waals surface area contributed by atoms with Gasteiger partial charge in [0.05, 0.1) is 23.4 Å². The van der Waals surface area contributed by atoms with Crippen molar-refractivity contribution in [1.29, 1.82) is 5.26 Å². The van der Waals surface area contributed by atoms with Crippen molar-refractivity contribution in [3.8, 4) is 28.8 Å². The molecule has 0 aliphatic carbocycles. The molecule has 2 heterocycles. The zero-order valence-corrected chi connectivity index (χ0v) is 18.3. The first-order valence-electron chi connectivity index (χ1n) is 10.2. The maximum absolute atomic E-state index is 11.6. The minimum atomic E-state index is -0.492. The Bertz CT molecular complexity index is 1400. The Morgan fingerprint density at radius 3 is 2.82 bits per heavy atom. The number of benzene rings is 2. The summed E-state index contributed by atoms with van der Waals surface area (Å²) in [6, 6.07) is 16.0. The van der Waals surface area contributed by atoms with Gasteiger partial charge in [-0.15, -0.1) is 0 Å². The molecule has 0 unspecified atom stereocenters. The van der Waals surface area contributed by atoms with Crippen molar-refractivity contribution in [1.82, 2.24) is 14.8 Å². The van der Waals surface area contributed by atoms with Gasteiger partial charge in [0.25, 0.3) is 5.88 Å². The Balaban J connectivity index is 1.75. The molecule has 0 fully saturated rings. The Morgan fingerprint density at radius 2 is 2.12 bits per heavy atom. The van der Waals surface area contributed by atoms with Gasteiger partial charge in [-0.25, -0.2) is 15.1 Å². The van der Waals surface area contributed by atoms with Gasteiger partial charge in [0.1, 0.15) is 11.8 Å². The lowest BCUT2D eigenvalue weighted by molar-refractivity contribution is -0.385. The minimum absolute atomic E-state index is 0.0805. The highest BCUT2D eigenvalue weighted by Crippen LogP contribution is 2.33. The van der Waals surface area contributed by atoms with Gasteiger partial charge in [-0.3, -0.25) is 10.1 Å². The van der Waals surface area contributed by atoms with Gasteiger partial charge in [0.2, 0.25) is 5.69 Å². The molecule has 0 atom stereocenters. The van der Waals surface area contributed by atoms with Crippen LogP contribution >= 0.6 is 0 Å². The molecule has 1 N–H and O–H groups in total.